The van der Waals surface area contributed by atoms with Gasteiger partial charge in [-0.25, -0.2) is 10.2 Å². The summed E-state index contributed by atoms with van der Waals surface area (Å²) in [7, 11) is 0. The molecule has 3 rings (SSSR count). The number of fused-ring (bicyclic) bond motifs is 1. The number of carbonyl (C=O) groups is 2. The Kier molecular flexibility index (Phi) is 6.64. The minimum atomic E-state index is -0.434. The molecule has 0 atom stereocenters. The molecule has 7 nitrogen and oxygen atoms in total. The highest BCUT2D eigenvalue weighted by Gasteiger charge is 2.11. The highest BCUT2D eigenvalue weighted by atomic mass is 127. The molecule has 0 bridgehead atoms. The van der Waals surface area contributed by atoms with E-state index in [0.717, 1.165) is 14.5 Å². The van der Waals surface area contributed by atoms with Gasteiger partial charge in [0.15, 0.2) is 12.4 Å². The quantitative estimate of drug-likeness (QED) is 0.235. The summed E-state index contributed by atoms with van der Waals surface area (Å²) in [5, 5.41) is 4.81. The normalized spacial score (nSPS) is 10.9. The molecule has 0 aliphatic heterocycles. The Morgan fingerprint density at radius 3 is 2.79 bits per heavy atom. The molecule has 1 heterocycles. The summed E-state index contributed by atoms with van der Waals surface area (Å²) in [4.78, 5) is 23.5. The second-order valence-corrected chi connectivity index (χ2v) is 6.79. The van der Waals surface area contributed by atoms with E-state index >= 15 is 0 Å². The van der Waals surface area contributed by atoms with Gasteiger partial charge in [-0.3, -0.25) is 4.79 Å². The monoisotopic (exact) mass is 492 g/mol. The molecule has 0 saturated heterocycles. The maximum Gasteiger partial charge on any atom is 0.344 e. The maximum atomic E-state index is 12.1. The zero-order valence-corrected chi connectivity index (χ0v) is 17.1. The zero-order valence-electron chi connectivity index (χ0n) is 15.0. The van der Waals surface area contributed by atoms with Gasteiger partial charge in [0.25, 0.3) is 0 Å². The summed E-state index contributed by atoms with van der Waals surface area (Å²) in [5.74, 6) is -0.0958. The van der Waals surface area contributed by atoms with Crippen molar-refractivity contribution in [2.45, 2.75) is 6.92 Å². The SMILES string of the molecule is CCOC(=O)COc1ccc(/C=N/NC(=O)c2cc3ccccc3o2)cc1I. The van der Waals surface area contributed by atoms with Crippen molar-refractivity contribution in [3.05, 3.63) is 63.4 Å². The third-order valence-electron chi connectivity index (χ3n) is 3.64. The van der Waals surface area contributed by atoms with Crippen LogP contribution < -0.4 is 10.2 Å². The molecule has 144 valence electrons. The standard InChI is InChI=1S/C20H17IN2O5/c1-2-26-19(24)12-27-17-8-7-13(9-15(17)21)11-22-23-20(25)18-10-14-5-3-4-6-16(14)28-18/h3-11H,2,12H2,1H3,(H,23,25)/b22-11+. The fourth-order valence-electron chi connectivity index (χ4n) is 2.37. The number of carbonyl (C=O) groups excluding carboxylic acids is 2. The molecular weight excluding hydrogens is 475 g/mol. The van der Waals surface area contributed by atoms with Crippen LogP contribution in [0, 0.1) is 3.57 Å². The van der Waals surface area contributed by atoms with E-state index in [1.807, 2.05) is 24.3 Å². The first-order valence-electron chi connectivity index (χ1n) is 8.46. The van der Waals surface area contributed by atoms with Crippen LogP contribution in [0.1, 0.15) is 23.0 Å². The Morgan fingerprint density at radius 2 is 2.04 bits per heavy atom. The van der Waals surface area contributed by atoms with Crippen LogP contribution in [0.5, 0.6) is 5.75 Å². The number of furan rings is 1. The van der Waals surface area contributed by atoms with E-state index in [0.29, 0.717) is 17.9 Å². The van der Waals surface area contributed by atoms with E-state index in [4.69, 9.17) is 13.9 Å². The van der Waals surface area contributed by atoms with Gasteiger partial charge in [-0.2, -0.15) is 5.10 Å². The van der Waals surface area contributed by atoms with Gasteiger partial charge in [-0.15, -0.1) is 0 Å². The van der Waals surface area contributed by atoms with Crippen molar-refractivity contribution in [2.75, 3.05) is 13.2 Å². The number of para-hydroxylation sites is 1. The molecule has 3 aromatic rings. The van der Waals surface area contributed by atoms with Gasteiger partial charge >= 0.3 is 11.9 Å². The number of esters is 1. The summed E-state index contributed by atoms with van der Waals surface area (Å²) in [5.41, 5.74) is 3.84. The lowest BCUT2D eigenvalue weighted by atomic mass is 10.2. The summed E-state index contributed by atoms with van der Waals surface area (Å²) in [6, 6.07) is 14.3. The second-order valence-electron chi connectivity index (χ2n) is 5.63. The van der Waals surface area contributed by atoms with E-state index in [9.17, 15) is 9.59 Å². The number of hydrazone groups is 1. The zero-order chi connectivity index (χ0) is 19.9. The van der Waals surface area contributed by atoms with E-state index in [2.05, 4.69) is 33.1 Å². The van der Waals surface area contributed by atoms with Crippen LogP contribution >= 0.6 is 22.6 Å². The molecule has 28 heavy (non-hydrogen) atoms. The number of ether oxygens (including phenoxy) is 2. The van der Waals surface area contributed by atoms with Gasteiger partial charge in [0, 0.05) is 5.39 Å². The Morgan fingerprint density at radius 1 is 1.21 bits per heavy atom. The van der Waals surface area contributed by atoms with Crippen LogP contribution in [-0.2, 0) is 9.53 Å². The third kappa shape index (κ3) is 5.10. The van der Waals surface area contributed by atoms with Crippen LogP contribution in [0.2, 0.25) is 0 Å². The van der Waals surface area contributed by atoms with Crippen molar-refractivity contribution >= 4 is 51.7 Å². The number of hydrogen-bond acceptors (Lipinski definition) is 6. The number of amides is 1. The van der Waals surface area contributed by atoms with Crippen molar-refractivity contribution in [2.24, 2.45) is 5.10 Å². The summed E-state index contributed by atoms with van der Waals surface area (Å²) in [6.45, 7) is 1.90. The molecule has 1 N–H and O–H groups in total. The largest absolute Gasteiger partial charge is 0.481 e. The van der Waals surface area contributed by atoms with Gasteiger partial charge in [0.2, 0.25) is 0 Å². The fraction of sp³-hybridized carbons (Fsp3) is 0.150. The average Bonchev–Trinajstić information content (AvgIpc) is 3.12. The van der Waals surface area contributed by atoms with E-state index in [1.54, 1.807) is 31.2 Å². The number of rotatable bonds is 7. The van der Waals surface area contributed by atoms with Crippen LogP contribution in [0.3, 0.4) is 0 Å². The minimum Gasteiger partial charge on any atom is -0.481 e. The van der Waals surface area contributed by atoms with Crippen LogP contribution in [0.4, 0.5) is 0 Å². The number of nitrogens with one attached hydrogen (secondary N) is 1. The summed E-state index contributed by atoms with van der Waals surface area (Å²) < 4.78 is 16.5. The van der Waals surface area contributed by atoms with E-state index < -0.39 is 11.9 Å². The Balaban J connectivity index is 1.58. The molecule has 1 aromatic heterocycles. The molecule has 0 spiro atoms. The van der Waals surface area contributed by atoms with Crippen molar-refractivity contribution in [1.82, 2.24) is 5.43 Å². The molecule has 0 aliphatic rings. The topological polar surface area (TPSA) is 90.1 Å². The van der Waals surface area contributed by atoms with Crippen molar-refractivity contribution in [1.29, 1.82) is 0 Å². The maximum absolute atomic E-state index is 12.1. The lowest BCUT2D eigenvalue weighted by Crippen LogP contribution is -2.16. The molecule has 0 radical (unpaired) electrons. The number of hydrogen-bond donors (Lipinski definition) is 1. The van der Waals surface area contributed by atoms with E-state index in [-0.39, 0.29) is 12.4 Å². The predicted molar refractivity (Wildman–Crippen MR) is 113 cm³/mol. The lowest BCUT2D eigenvalue weighted by molar-refractivity contribution is -0.145. The first-order chi connectivity index (χ1) is 13.6. The van der Waals surface area contributed by atoms with Crippen molar-refractivity contribution in [3.8, 4) is 5.75 Å². The Bertz CT molecular complexity index is 995. The van der Waals surface area contributed by atoms with Gasteiger partial charge in [-0.05, 0) is 65.4 Å². The third-order valence-corrected chi connectivity index (χ3v) is 4.48. The molecule has 2 aromatic carbocycles. The van der Waals surface area contributed by atoms with Crippen molar-refractivity contribution in [3.63, 3.8) is 0 Å². The first kappa shape index (κ1) is 19.9. The highest BCUT2D eigenvalue weighted by molar-refractivity contribution is 14.1. The molecule has 0 saturated carbocycles. The van der Waals surface area contributed by atoms with Gasteiger partial charge in [0.1, 0.15) is 11.3 Å². The van der Waals surface area contributed by atoms with Gasteiger partial charge in [0.05, 0.1) is 16.4 Å². The Hall–Kier alpha value is -2.88. The smallest absolute Gasteiger partial charge is 0.344 e. The highest BCUT2D eigenvalue weighted by Crippen LogP contribution is 2.22. The molecule has 0 fully saturated rings. The van der Waals surface area contributed by atoms with Gasteiger partial charge < -0.3 is 13.9 Å². The average molecular weight is 492 g/mol. The molecule has 8 heteroatoms. The molecule has 0 unspecified atom stereocenters. The van der Waals surface area contributed by atoms with Crippen molar-refractivity contribution < 1.29 is 23.5 Å². The lowest BCUT2D eigenvalue weighted by Gasteiger charge is -2.08. The number of halogens is 1. The molecular formula is C20H17IN2O5. The summed E-state index contributed by atoms with van der Waals surface area (Å²) >= 11 is 2.10. The number of benzene rings is 2. The second kappa shape index (κ2) is 9.36. The molecule has 1 amide bonds. The minimum absolute atomic E-state index is 0.148. The Labute approximate surface area is 174 Å². The van der Waals surface area contributed by atoms with Crippen LogP contribution in [0.15, 0.2) is 58.0 Å². The van der Waals surface area contributed by atoms with Crippen LogP contribution in [-0.4, -0.2) is 31.3 Å². The van der Waals surface area contributed by atoms with E-state index in [1.165, 1.54) is 6.21 Å². The van der Waals surface area contributed by atoms with Crippen LogP contribution in [0.25, 0.3) is 11.0 Å². The predicted octanol–water partition coefficient (Wildman–Crippen LogP) is 3.74. The number of nitrogens with zero attached hydrogens (tertiary/aromatic N) is 1. The fourth-order valence-corrected chi connectivity index (χ4v) is 3.06. The summed E-state index contributed by atoms with van der Waals surface area (Å²) in [6.07, 6.45) is 1.51. The van der Waals surface area contributed by atoms with Gasteiger partial charge in [-0.1, -0.05) is 18.2 Å². The first-order valence-corrected chi connectivity index (χ1v) is 9.54. The molecule has 0 aliphatic carbocycles.